The van der Waals surface area contributed by atoms with Gasteiger partial charge in [-0.2, -0.15) is 5.17 Å². The number of aromatic nitrogens is 2. The molecule has 3 rings (SSSR count). The number of hydrazine groups is 2. The first-order valence-electron chi connectivity index (χ1n) is 4.91. The van der Waals surface area contributed by atoms with Crippen LogP contribution >= 0.6 is 0 Å². The second kappa shape index (κ2) is 3.61. The summed E-state index contributed by atoms with van der Waals surface area (Å²) < 4.78 is 4.41. The molecule has 2 heterocycles. The molecule has 8 heteroatoms. The molecular formula is C9H9N5O3. The molecule has 0 atom stereocenters. The van der Waals surface area contributed by atoms with Crippen molar-refractivity contribution < 1.29 is 9.73 Å². The Kier molecular flexibility index (Phi) is 2.10. The average molecular weight is 235 g/mol. The van der Waals surface area contributed by atoms with E-state index in [0.717, 1.165) is 16.4 Å². The van der Waals surface area contributed by atoms with Crippen LogP contribution in [-0.2, 0) is 6.42 Å². The minimum atomic E-state index is -0.567. The lowest BCUT2D eigenvalue weighted by Gasteiger charge is -2.06. The zero-order valence-corrected chi connectivity index (χ0v) is 8.60. The Morgan fingerprint density at radius 2 is 2.35 bits per heavy atom. The summed E-state index contributed by atoms with van der Waals surface area (Å²) in [5, 5.41) is 13.8. The number of H-pyrrole nitrogens is 1. The number of benzene rings is 1. The lowest BCUT2D eigenvalue weighted by molar-refractivity contribution is 0.230. The molecule has 0 spiro atoms. The molecule has 2 aromatic rings. The summed E-state index contributed by atoms with van der Waals surface area (Å²) in [6.45, 7) is 0. The molecule has 1 aliphatic heterocycles. The van der Waals surface area contributed by atoms with E-state index in [2.05, 4.69) is 25.6 Å². The average Bonchev–Trinajstić information content (AvgIpc) is 2.87. The van der Waals surface area contributed by atoms with Crippen molar-refractivity contribution in [3.8, 4) is 0 Å². The number of rotatable bonds is 2. The fourth-order valence-corrected chi connectivity index (χ4v) is 1.68. The molecule has 1 aromatic heterocycles. The first-order valence-corrected chi connectivity index (χ1v) is 4.91. The number of hydrogen-bond acceptors (Lipinski definition) is 7. The monoisotopic (exact) mass is 235 g/mol. The fourth-order valence-electron chi connectivity index (χ4n) is 1.68. The standard InChI is InChI=1S/C9H9N5O3/c15-9-10-8(12-17-9)4-5-1-2-7-6(3-5)11-13-14(7)16/h1-3,11,13,16H,4H2,(H,10,12,15). The third kappa shape index (κ3) is 1.75. The Balaban J connectivity index is 1.88. The molecule has 88 valence electrons. The first kappa shape index (κ1) is 9.87. The largest absolute Gasteiger partial charge is 0.438 e. The molecule has 4 N–H and O–H groups in total. The highest BCUT2D eigenvalue weighted by molar-refractivity contribution is 5.72. The molecule has 1 aromatic carbocycles. The second-order valence-electron chi connectivity index (χ2n) is 3.62. The van der Waals surface area contributed by atoms with Crippen molar-refractivity contribution in [2.75, 3.05) is 10.6 Å². The molecule has 0 amide bonds. The van der Waals surface area contributed by atoms with Gasteiger partial charge in [0.2, 0.25) is 0 Å². The van der Waals surface area contributed by atoms with Gasteiger partial charge in [0.15, 0.2) is 5.82 Å². The van der Waals surface area contributed by atoms with E-state index in [4.69, 9.17) is 0 Å². The topological polar surface area (TPSA) is 106 Å². The van der Waals surface area contributed by atoms with Gasteiger partial charge < -0.3 is 0 Å². The molecule has 1 aliphatic rings. The van der Waals surface area contributed by atoms with Crippen LogP contribution in [-0.4, -0.2) is 15.3 Å². The van der Waals surface area contributed by atoms with Crippen molar-refractivity contribution in [3.63, 3.8) is 0 Å². The molecule has 17 heavy (non-hydrogen) atoms. The molecule has 0 saturated carbocycles. The highest BCUT2D eigenvalue weighted by Gasteiger charge is 2.16. The van der Waals surface area contributed by atoms with Crippen LogP contribution in [0, 0.1) is 0 Å². The van der Waals surface area contributed by atoms with Crippen LogP contribution in [0.2, 0.25) is 0 Å². The zero-order chi connectivity index (χ0) is 11.8. The summed E-state index contributed by atoms with van der Waals surface area (Å²) in [5.41, 5.74) is 7.62. The number of fused-ring (bicyclic) bond motifs is 1. The van der Waals surface area contributed by atoms with Crippen LogP contribution in [0.15, 0.2) is 27.5 Å². The Morgan fingerprint density at radius 1 is 1.47 bits per heavy atom. The Hall–Kier alpha value is -2.32. The first-order chi connectivity index (χ1) is 8.22. The maximum Gasteiger partial charge on any atom is 0.438 e. The molecule has 0 unspecified atom stereocenters. The summed E-state index contributed by atoms with van der Waals surface area (Å²) in [5.74, 6) is -0.107. The highest BCUT2D eigenvalue weighted by atomic mass is 16.6. The van der Waals surface area contributed by atoms with Gasteiger partial charge in [-0.25, -0.2) is 4.79 Å². The Bertz CT molecular complexity index is 605. The summed E-state index contributed by atoms with van der Waals surface area (Å²) in [7, 11) is 0. The van der Waals surface area contributed by atoms with Gasteiger partial charge in [0.05, 0.1) is 5.69 Å². The predicted octanol–water partition coefficient (Wildman–Crippen LogP) is -0.00560. The van der Waals surface area contributed by atoms with Crippen molar-refractivity contribution in [1.29, 1.82) is 0 Å². The van der Waals surface area contributed by atoms with Gasteiger partial charge in [0, 0.05) is 6.42 Å². The quantitative estimate of drug-likeness (QED) is 0.580. The van der Waals surface area contributed by atoms with E-state index in [-0.39, 0.29) is 0 Å². The van der Waals surface area contributed by atoms with E-state index in [9.17, 15) is 10.0 Å². The maximum atomic E-state index is 10.8. The minimum absolute atomic E-state index is 0.451. The van der Waals surface area contributed by atoms with Crippen molar-refractivity contribution in [1.82, 2.24) is 15.7 Å². The van der Waals surface area contributed by atoms with Gasteiger partial charge in [-0.3, -0.25) is 20.1 Å². The van der Waals surface area contributed by atoms with Gasteiger partial charge in [0.25, 0.3) is 0 Å². The summed E-state index contributed by atoms with van der Waals surface area (Å²) in [6.07, 6.45) is 0.451. The lowest BCUT2D eigenvalue weighted by Crippen LogP contribution is -2.32. The van der Waals surface area contributed by atoms with Gasteiger partial charge >= 0.3 is 5.76 Å². The molecule has 0 aliphatic carbocycles. The van der Waals surface area contributed by atoms with Gasteiger partial charge in [0.1, 0.15) is 5.69 Å². The lowest BCUT2D eigenvalue weighted by atomic mass is 10.1. The number of anilines is 2. The SMILES string of the molecule is O=c1[nH]c(Cc2ccc3c(c2)NNN3O)no1. The zero-order valence-electron chi connectivity index (χ0n) is 8.60. The molecule has 0 bridgehead atoms. The van der Waals surface area contributed by atoms with E-state index in [0.29, 0.717) is 17.9 Å². The molecule has 0 fully saturated rings. The van der Waals surface area contributed by atoms with Gasteiger partial charge in [-0.05, 0) is 17.7 Å². The third-order valence-electron chi connectivity index (χ3n) is 2.44. The normalized spacial score (nSPS) is 13.6. The van der Waals surface area contributed by atoms with E-state index in [1.807, 2.05) is 12.1 Å². The van der Waals surface area contributed by atoms with Crippen molar-refractivity contribution in [3.05, 3.63) is 40.1 Å². The van der Waals surface area contributed by atoms with Crippen LogP contribution in [0.4, 0.5) is 11.4 Å². The molecular weight excluding hydrogens is 226 g/mol. The van der Waals surface area contributed by atoms with Gasteiger partial charge in [-0.1, -0.05) is 11.2 Å². The predicted molar refractivity (Wildman–Crippen MR) is 57.4 cm³/mol. The van der Waals surface area contributed by atoms with Gasteiger partial charge in [-0.15, -0.1) is 5.53 Å². The van der Waals surface area contributed by atoms with Crippen molar-refractivity contribution in [2.45, 2.75) is 6.42 Å². The van der Waals surface area contributed by atoms with Crippen LogP contribution in [0.1, 0.15) is 11.4 Å². The smallest absolute Gasteiger partial charge is 0.300 e. The van der Waals surface area contributed by atoms with Crippen LogP contribution in [0.25, 0.3) is 0 Å². The van der Waals surface area contributed by atoms with Crippen molar-refractivity contribution in [2.24, 2.45) is 0 Å². The molecule has 0 saturated heterocycles. The van der Waals surface area contributed by atoms with E-state index in [1.54, 1.807) is 6.07 Å². The van der Waals surface area contributed by atoms with Crippen molar-refractivity contribution >= 4 is 11.4 Å². The molecule has 0 radical (unpaired) electrons. The number of nitrogens with one attached hydrogen (secondary N) is 3. The summed E-state index contributed by atoms with van der Waals surface area (Å²) >= 11 is 0. The van der Waals surface area contributed by atoms with Crippen LogP contribution < -0.4 is 21.9 Å². The summed E-state index contributed by atoms with van der Waals surface area (Å²) in [6, 6.07) is 5.41. The third-order valence-corrected chi connectivity index (χ3v) is 2.44. The maximum absolute atomic E-state index is 10.8. The fraction of sp³-hybridized carbons (Fsp3) is 0.111. The highest BCUT2D eigenvalue weighted by Crippen LogP contribution is 2.28. The Morgan fingerprint density at radius 3 is 3.12 bits per heavy atom. The number of hydrogen-bond donors (Lipinski definition) is 4. The second-order valence-corrected chi connectivity index (χ2v) is 3.62. The van der Waals surface area contributed by atoms with E-state index < -0.39 is 5.76 Å². The summed E-state index contributed by atoms with van der Waals surface area (Å²) in [4.78, 5) is 13.2. The number of aromatic amines is 1. The minimum Gasteiger partial charge on any atom is -0.300 e. The van der Waals surface area contributed by atoms with E-state index in [1.165, 1.54) is 0 Å². The van der Waals surface area contributed by atoms with E-state index >= 15 is 0 Å². The van der Waals surface area contributed by atoms with Crippen LogP contribution in [0.3, 0.4) is 0 Å². The Labute approximate surface area is 94.7 Å². The molecule has 8 nitrogen and oxygen atoms in total. The van der Waals surface area contributed by atoms with Crippen LogP contribution in [0.5, 0.6) is 0 Å². The number of nitrogens with zero attached hydrogens (tertiary/aromatic N) is 2.